The van der Waals surface area contributed by atoms with E-state index in [0.717, 1.165) is 51.4 Å². The molecule has 8 heteroatoms. The molecule has 0 aromatic heterocycles. The number of ketones is 1. The van der Waals surface area contributed by atoms with Gasteiger partial charge in [-0.15, -0.1) is 0 Å². The first-order chi connectivity index (χ1) is 14.9. The van der Waals surface area contributed by atoms with E-state index in [9.17, 15) is 19.2 Å². The van der Waals surface area contributed by atoms with Crippen molar-refractivity contribution in [3.05, 3.63) is 0 Å². The zero-order valence-electron chi connectivity index (χ0n) is 19.2. The van der Waals surface area contributed by atoms with Crippen molar-refractivity contribution in [3.8, 4) is 0 Å². The van der Waals surface area contributed by atoms with E-state index >= 15 is 0 Å². The molecule has 31 heavy (non-hydrogen) atoms. The Morgan fingerprint density at radius 1 is 1.03 bits per heavy atom. The van der Waals surface area contributed by atoms with Crippen LogP contribution in [0.1, 0.15) is 84.5 Å². The maximum atomic E-state index is 13.2. The molecule has 4 N–H and O–H groups in total. The lowest BCUT2D eigenvalue weighted by atomic mass is 9.98. The first-order valence-electron chi connectivity index (χ1n) is 12.0. The van der Waals surface area contributed by atoms with Gasteiger partial charge in [-0.1, -0.05) is 58.8 Å². The average Bonchev–Trinajstić information content (AvgIpc) is 3.14. The van der Waals surface area contributed by atoms with E-state index < -0.39 is 29.8 Å². The van der Waals surface area contributed by atoms with Crippen LogP contribution in [0.4, 0.5) is 0 Å². The molecule has 2 aliphatic rings. The second-order valence-corrected chi connectivity index (χ2v) is 9.08. The molecular weight excluding hydrogens is 396 g/mol. The highest BCUT2D eigenvalue weighted by atomic mass is 16.2. The molecule has 2 aliphatic heterocycles. The zero-order valence-corrected chi connectivity index (χ0v) is 19.2. The van der Waals surface area contributed by atoms with Crippen LogP contribution in [0.15, 0.2) is 0 Å². The van der Waals surface area contributed by atoms with Gasteiger partial charge in [0.25, 0.3) is 5.91 Å². The molecule has 2 saturated heterocycles. The van der Waals surface area contributed by atoms with E-state index in [0.29, 0.717) is 32.4 Å². The number of nitrogens with two attached hydrogens (primary N) is 1. The van der Waals surface area contributed by atoms with E-state index in [1.807, 2.05) is 13.8 Å². The largest absolute Gasteiger partial charge is 0.349 e. The summed E-state index contributed by atoms with van der Waals surface area (Å²) in [5.41, 5.74) is 6.16. The van der Waals surface area contributed by atoms with Crippen molar-refractivity contribution in [2.75, 3.05) is 13.1 Å². The number of hydrogen-bond donors (Lipinski definition) is 3. The van der Waals surface area contributed by atoms with E-state index in [1.165, 1.54) is 0 Å². The van der Waals surface area contributed by atoms with Crippen LogP contribution in [0.5, 0.6) is 0 Å². The lowest BCUT2D eigenvalue weighted by molar-refractivity contribution is -0.143. The fraction of sp³-hybridized carbons (Fsp3) is 0.826. The molecule has 0 unspecified atom stereocenters. The van der Waals surface area contributed by atoms with E-state index in [4.69, 9.17) is 5.73 Å². The summed E-state index contributed by atoms with van der Waals surface area (Å²) in [4.78, 5) is 52.7. The van der Waals surface area contributed by atoms with E-state index in [1.54, 1.807) is 4.90 Å². The van der Waals surface area contributed by atoms with Crippen molar-refractivity contribution < 1.29 is 19.2 Å². The van der Waals surface area contributed by atoms with E-state index in [2.05, 4.69) is 10.6 Å². The molecule has 3 amide bonds. The molecule has 8 nitrogen and oxygen atoms in total. The number of fused-ring (bicyclic) bond motifs is 1. The maximum Gasteiger partial charge on any atom is 0.289 e. The Bertz CT molecular complexity index is 639. The highest BCUT2D eigenvalue weighted by Crippen LogP contribution is 2.26. The van der Waals surface area contributed by atoms with Crippen molar-refractivity contribution in [1.82, 2.24) is 15.5 Å². The van der Waals surface area contributed by atoms with Gasteiger partial charge >= 0.3 is 0 Å². The van der Waals surface area contributed by atoms with Crippen LogP contribution in [0.25, 0.3) is 0 Å². The molecule has 4 atom stereocenters. The smallest absolute Gasteiger partial charge is 0.289 e. The molecule has 2 heterocycles. The van der Waals surface area contributed by atoms with Gasteiger partial charge in [0.05, 0.1) is 12.1 Å². The third-order valence-electron chi connectivity index (χ3n) is 6.47. The van der Waals surface area contributed by atoms with Crippen molar-refractivity contribution >= 4 is 23.5 Å². The molecule has 0 saturated carbocycles. The van der Waals surface area contributed by atoms with Crippen LogP contribution in [0.2, 0.25) is 0 Å². The topological polar surface area (TPSA) is 122 Å². The maximum absolute atomic E-state index is 13.2. The molecule has 176 valence electrons. The minimum atomic E-state index is -0.865. The Labute approximate surface area is 186 Å². The fourth-order valence-corrected chi connectivity index (χ4v) is 4.54. The highest BCUT2D eigenvalue weighted by molar-refractivity contribution is 6.38. The van der Waals surface area contributed by atoms with Crippen LogP contribution in [0.3, 0.4) is 0 Å². The summed E-state index contributed by atoms with van der Waals surface area (Å²) in [6, 6.07) is -2.12. The molecule has 0 spiro atoms. The van der Waals surface area contributed by atoms with Crippen LogP contribution >= 0.6 is 0 Å². The van der Waals surface area contributed by atoms with Crippen LogP contribution < -0.4 is 16.4 Å². The number of nitrogens with one attached hydrogen (secondary N) is 2. The number of rotatable bonds is 4. The normalized spacial score (nSPS) is 29.2. The Balaban J connectivity index is 2.18. The van der Waals surface area contributed by atoms with Crippen molar-refractivity contribution in [2.24, 2.45) is 11.7 Å². The van der Waals surface area contributed by atoms with Crippen molar-refractivity contribution in [1.29, 1.82) is 0 Å². The van der Waals surface area contributed by atoms with Gasteiger partial charge in [-0.2, -0.15) is 0 Å². The Hall–Kier alpha value is -1.96. The van der Waals surface area contributed by atoms with Gasteiger partial charge in [-0.25, -0.2) is 0 Å². The number of Topliss-reactive ketones (excluding diaryl/α,β-unsaturated/α-hetero) is 1. The predicted molar refractivity (Wildman–Crippen MR) is 119 cm³/mol. The standard InChI is InChI=1S/C23H40N4O4/c1-3-14-25-22(30)20(28)18-12-10-8-6-4-5-7-9-11-17(24)23(31)27-15-13-16(2)19(27)21(29)26-18/h16-19H,3-15,24H2,1-2H3,(H,25,30)(H,26,29)/t16-,17-,18-,19-/m0/s1. The summed E-state index contributed by atoms with van der Waals surface area (Å²) in [7, 11) is 0. The number of carbonyl (C=O) groups is 4. The predicted octanol–water partition coefficient (Wildman–Crippen LogP) is 1.66. The number of amides is 3. The number of carbonyl (C=O) groups excluding carboxylic acids is 4. The van der Waals surface area contributed by atoms with Crippen LogP contribution in [0, 0.1) is 5.92 Å². The summed E-state index contributed by atoms with van der Waals surface area (Å²) in [5, 5.41) is 5.42. The quantitative estimate of drug-likeness (QED) is 0.579. The summed E-state index contributed by atoms with van der Waals surface area (Å²) >= 11 is 0. The van der Waals surface area contributed by atoms with Gasteiger partial charge in [-0.05, 0) is 31.6 Å². The lowest BCUT2D eigenvalue weighted by Gasteiger charge is -2.30. The van der Waals surface area contributed by atoms with Gasteiger partial charge < -0.3 is 21.3 Å². The molecule has 0 bridgehead atoms. The van der Waals surface area contributed by atoms with Gasteiger partial charge in [0.1, 0.15) is 6.04 Å². The fourth-order valence-electron chi connectivity index (χ4n) is 4.54. The van der Waals surface area contributed by atoms with Gasteiger partial charge in [0.2, 0.25) is 17.6 Å². The summed E-state index contributed by atoms with van der Waals surface area (Å²) in [5.74, 6) is -1.85. The SMILES string of the molecule is CCCNC(=O)C(=O)[C@@H]1CCCCCCCCC[C@H](N)C(=O)N2CC[C@H](C)[C@H]2C(=O)N1. The monoisotopic (exact) mass is 436 g/mol. The Kier molecular flexibility index (Phi) is 10.4. The minimum Gasteiger partial charge on any atom is -0.349 e. The summed E-state index contributed by atoms with van der Waals surface area (Å²) in [6.45, 7) is 4.76. The molecule has 2 fully saturated rings. The summed E-state index contributed by atoms with van der Waals surface area (Å²) < 4.78 is 0. The first-order valence-corrected chi connectivity index (χ1v) is 12.0. The van der Waals surface area contributed by atoms with Gasteiger partial charge in [0.15, 0.2) is 0 Å². The zero-order chi connectivity index (χ0) is 22.8. The average molecular weight is 437 g/mol. The van der Waals surface area contributed by atoms with Gasteiger partial charge in [0, 0.05) is 13.1 Å². The van der Waals surface area contributed by atoms with Crippen LogP contribution in [-0.2, 0) is 19.2 Å². The highest BCUT2D eigenvalue weighted by Gasteiger charge is 2.42. The first kappa shape index (κ1) is 25.3. The molecule has 0 aliphatic carbocycles. The molecule has 0 aromatic rings. The van der Waals surface area contributed by atoms with Gasteiger partial charge in [-0.3, -0.25) is 19.2 Å². The summed E-state index contributed by atoms with van der Waals surface area (Å²) in [6.07, 6.45) is 9.42. The minimum absolute atomic E-state index is 0.0281. The van der Waals surface area contributed by atoms with Crippen LogP contribution in [-0.4, -0.2) is 59.6 Å². The van der Waals surface area contributed by atoms with E-state index in [-0.39, 0.29) is 17.7 Å². The second kappa shape index (κ2) is 12.8. The molecule has 2 rings (SSSR count). The second-order valence-electron chi connectivity index (χ2n) is 9.08. The number of hydrogen-bond acceptors (Lipinski definition) is 5. The molecule has 0 aromatic carbocycles. The molecular formula is C23H40N4O4. The van der Waals surface area contributed by atoms with Crippen molar-refractivity contribution in [2.45, 2.75) is 103 Å². The third-order valence-corrected chi connectivity index (χ3v) is 6.47. The Morgan fingerprint density at radius 3 is 2.29 bits per heavy atom. The third kappa shape index (κ3) is 7.30. The molecule has 0 radical (unpaired) electrons. The number of nitrogens with zero attached hydrogens (tertiary/aromatic N) is 1. The van der Waals surface area contributed by atoms with Crippen molar-refractivity contribution in [3.63, 3.8) is 0 Å². The Morgan fingerprint density at radius 2 is 1.65 bits per heavy atom. The lowest BCUT2D eigenvalue weighted by Crippen LogP contribution is -2.56.